The highest BCUT2D eigenvalue weighted by Crippen LogP contribution is 2.42. The molecule has 0 amide bonds. The first-order chi connectivity index (χ1) is 19.5. The van der Waals surface area contributed by atoms with Gasteiger partial charge in [-0.15, -0.1) is 0 Å². The third kappa shape index (κ3) is 6.24. The maximum absolute atomic E-state index is 13.7. The summed E-state index contributed by atoms with van der Waals surface area (Å²) in [6.07, 6.45) is 4.15. The lowest BCUT2D eigenvalue weighted by atomic mass is 9.77. The molecule has 1 N–H and O–H groups in total. The van der Waals surface area contributed by atoms with Crippen molar-refractivity contribution in [3.8, 4) is 0 Å². The first kappa shape index (κ1) is 28.7. The number of rotatable bonds is 6. The number of benzene rings is 3. The van der Waals surface area contributed by atoms with Crippen molar-refractivity contribution in [2.45, 2.75) is 90.7 Å². The van der Waals surface area contributed by atoms with Crippen molar-refractivity contribution in [1.29, 1.82) is 0 Å². The summed E-state index contributed by atoms with van der Waals surface area (Å²) < 4.78 is 12.4. The highest BCUT2D eigenvalue weighted by Gasteiger charge is 2.29. The smallest absolute Gasteiger partial charge is 0.340 e. The minimum absolute atomic E-state index is 0.0396. The predicted molar refractivity (Wildman–Crippen MR) is 166 cm³/mol. The van der Waals surface area contributed by atoms with Gasteiger partial charge in [-0.05, 0) is 102 Å². The van der Waals surface area contributed by atoms with Gasteiger partial charge >= 0.3 is 5.97 Å². The number of fused-ring (bicyclic) bond motifs is 1. The minimum atomic E-state index is -0.597. The molecule has 1 saturated carbocycles. The summed E-state index contributed by atoms with van der Waals surface area (Å²) in [7, 11) is 0. The molecular weight excluding hydrogens is 510 g/mol. The van der Waals surface area contributed by atoms with E-state index in [0.717, 1.165) is 42.6 Å². The summed E-state index contributed by atoms with van der Waals surface area (Å²) in [5, 5.41) is 4.11. The Morgan fingerprint density at radius 1 is 0.927 bits per heavy atom. The van der Waals surface area contributed by atoms with E-state index in [1.165, 1.54) is 5.56 Å². The zero-order valence-electron chi connectivity index (χ0n) is 25.0. The number of hydrogen-bond acceptors (Lipinski definition) is 5. The molecule has 5 nitrogen and oxygen atoms in total. The van der Waals surface area contributed by atoms with Crippen molar-refractivity contribution in [3.63, 3.8) is 0 Å². The number of nitrogens with one attached hydrogen (secondary N) is 1. The molecule has 1 heterocycles. The second-order valence-electron chi connectivity index (χ2n) is 12.5. The maximum Gasteiger partial charge on any atom is 0.340 e. The fourth-order valence-electron chi connectivity index (χ4n) is 6.14. The van der Waals surface area contributed by atoms with Gasteiger partial charge < -0.3 is 14.5 Å². The molecule has 0 radical (unpaired) electrons. The fourth-order valence-corrected chi connectivity index (χ4v) is 6.14. The summed E-state index contributed by atoms with van der Waals surface area (Å²) in [6.45, 7) is 11.5. The van der Waals surface area contributed by atoms with Crippen LogP contribution in [0, 0.1) is 13.8 Å². The first-order valence-corrected chi connectivity index (χ1v) is 14.7. The molecule has 41 heavy (non-hydrogen) atoms. The van der Waals surface area contributed by atoms with Crippen LogP contribution in [0.3, 0.4) is 0 Å². The van der Waals surface area contributed by atoms with Crippen LogP contribution in [0.2, 0.25) is 0 Å². The first-order valence-electron chi connectivity index (χ1n) is 14.7. The Balaban J connectivity index is 1.47. The molecule has 0 bridgehead atoms. The molecule has 5 rings (SSSR count). The SMILES string of the molecule is Cc1cc(C(C)Nc2ccccc2C(=O)OC(C)(C)C)c2oc(C3CCC(c4ccccc4)CC3)c(C)c(=O)c2c1. The summed E-state index contributed by atoms with van der Waals surface area (Å²) in [6, 6.07) is 21.9. The van der Waals surface area contributed by atoms with Crippen LogP contribution in [-0.2, 0) is 4.74 Å². The Kier molecular flexibility index (Phi) is 8.08. The van der Waals surface area contributed by atoms with Crippen LogP contribution in [0.25, 0.3) is 11.0 Å². The Hall–Kier alpha value is -3.86. The average molecular weight is 552 g/mol. The zero-order chi connectivity index (χ0) is 29.3. The Morgan fingerprint density at radius 2 is 1.56 bits per heavy atom. The Bertz CT molecular complexity index is 1600. The molecule has 4 aromatic rings. The van der Waals surface area contributed by atoms with Crippen LogP contribution >= 0.6 is 0 Å². The van der Waals surface area contributed by atoms with E-state index in [0.29, 0.717) is 33.7 Å². The molecule has 1 aliphatic rings. The van der Waals surface area contributed by atoms with Crippen LogP contribution in [0.15, 0.2) is 75.9 Å². The number of anilines is 1. The Morgan fingerprint density at radius 3 is 2.24 bits per heavy atom. The highest BCUT2D eigenvalue weighted by molar-refractivity contribution is 5.96. The van der Waals surface area contributed by atoms with Crippen LogP contribution in [0.1, 0.15) is 110 Å². The van der Waals surface area contributed by atoms with Crippen molar-refractivity contribution in [1.82, 2.24) is 0 Å². The molecule has 1 unspecified atom stereocenters. The lowest BCUT2D eigenvalue weighted by Gasteiger charge is -2.29. The monoisotopic (exact) mass is 551 g/mol. The number of ether oxygens (including phenoxy) is 1. The third-order valence-corrected chi connectivity index (χ3v) is 8.18. The average Bonchev–Trinajstić information content (AvgIpc) is 2.95. The van der Waals surface area contributed by atoms with E-state index >= 15 is 0 Å². The molecular formula is C36H41NO4. The maximum atomic E-state index is 13.7. The second-order valence-corrected chi connectivity index (χ2v) is 12.5. The standard InChI is InChI=1S/C36H41NO4/c1-22-20-29(24(3)37-31-15-11-10-14-28(31)35(39)41-36(4,5)6)34-30(21-22)32(38)23(2)33(40-34)27-18-16-26(17-19-27)25-12-8-7-9-13-25/h7-15,20-21,24,26-27,37H,16-19H2,1-6H3. The van der Waals surface area contributed by atoms with Gasteiger partial charge in [-0.2, -0.15) is 0 Å². The van der Waals surface area contributed by atoms with E-state index in [4.69, 9.17) is 9.15 Å². The molecule has 1 aromatic heterocycles. The predicted octanol–water partition coefficient (Wildman–Crippen LogP) is 8.98. The molecule has 5 heteroatoms. The van der Waals surface area contributed by atoms with Gasteiger partial charge in [-0.25, -0.2) is 4.79 Å². The molecule has 1 fully saturated rings. The van der Waals surface area contributed by atoms with Crippen LogP contribution in [0.5, 0.6) is 0 Å². The quantitative estimate of drug-likeness (QED) is 0.242. The van der Waals surface area contributed by atoms with Gasteiger partial charge in [0.2, 0.25) is 0 Å². The lowest BCUT2D eigenvalue weighted by Crippen LogP contribution is -2.24. The van der Waals surface area contributed by atoms with Crippen LogP contribution in [-0.4, -0.2) is 11.6 Å². The number of esters is 1. The number of carbonyl (C=O) groups is 1. The van der Waals surface area contributed by atoms with E-state index in [-0.39, 0.29) is 23.4 Å². The lowest BCUT2D eigenvalue weighted by molar-refractivity contribution is 0.00706. The highest BCUT2D eigenvalue weighted by atomic mass is 16.6. The topological polar surface area (TPSA) is 68.5 Å². The number of hydrogen-bond donors (Lipinski definition) is 1. The van der Waals surface area contributed by atoms with Gasteiger partial charge in [-0.1, -0.05) is 48.5 Å². The summed E-state index contributed by atoms with van der Waals surface area (Å²) in [5.74, 6) is 1.21. The van der Waals surface area contributed by atoms with Crippen molar-refractivity contribution < 1.29 is 13.9 Å². The van der Waals surface area contributed by atoms with E-state index in [2.05, 4.69) is 41.7 Å². The summed E-state index contributed by atoms with van der Waals surface area (Å²) >= 11 is 0. The molecule has 1 aliphatic carbocycles. The second kappa shape index (κ2) is 11.6. The van der Waals surface area contributed by atoms with Gasteiger partial charge in [0.1, 0.15) is 16.9 Å². The van der Waals surface area contributed by atoms with Gasteiger partial charge in [0.25, 0.3) is 0 Å². The van der Waals surface area contributed by atoms with Crippen LogP contribution < -0.4 is 10.7 Å². The van der Waals surface area contributed by atoms with Crippen LogP contribution in [0.4, 0.5) is 5.69 Å². The van der Waals surface area contributed by atoms with Crippen molar-refractivity contribution in [2.24, 2.45) is 0 Å². The molecule has 1 atom stereocenters. The van der Waals surface area contributed by atoms with Gasteiger partial charge in [-0.3, -0.25) is 4.79 Å². The molecule has 0 saturated heterocycles. The fraction of sp³-hybridized carbons (Fsp3) is 0.389. The third-order valence-electron chi connectivity index (χ3n) is 8.18. The van der Waals surface area contributed by atoms with Crippen molar-refractivity contribution in [3.05, 3.63) is 111 Å². The summed E-state index contributed by atoms with van der Waals surface area (Å²) in [4.78, 5) is 26.7. The normalized spacial score (nSPS) is 18.2. The zero-order valence-corrected chi connectivity index (χ0v) is 25.0. The van der Waals surface area contributed by atoms with Crippen molar-refractivity contribution in [2.75, 3.05) is 5.32 Å². The largest absolute Gasteiger partial charge is 0.460 e. The van der Waals surface area contributed by atoms with E-state index in [9.17, 15) is 9.59 Å². The van der Waals surface area contributed by atoms with Gasteiger partial charge in [0.05, 0.1) is 17.0 Å². The van der Waals surface area contributed by atoms with Crippen molar-refractivity contribution >= 4 is 22.6 Å². The molecule has 214 valence electrons. The Labute approximate surface area is 242 Å². The summed E-state index contributed by atoms with van der Waals surface area (Å²) in [5.41, 5.74) is 5.22. The minimum Gasteiger partial charge on any atom is -0.460 e. The molecule has 3 aromatic carbocycles. The molecule has 0 aliphatic heterocycles. The number of para-hydroxylation sites is 1. The van der Waals surface area contributed by atoms with E-state index in [1.807, 2.05) is 65.8 Å². The number of aryl methyl sites for hydroxylation is 1. The van der Waals surface area contributed by atoms with E-state index in [1.54, 1.807) is 6.07 Å². The van der Waals surface area contributed by atoms with Gasteiger partial charge in [0.15, 0.2) is 5.43 Å². The van der Waals surface area contributed by atoms with Gasteiger partial charge in [0, 0.05) is 22.7 Å². The van der Waals surface area contributed by atoms with E-state index < -0.39 is 5.60 Å². The molecule has 0 spiro atoms. The number of carbonyl (C=O) groups excluding carboxylic acids is 1.